The van der Waals surface area contributed by atoms with E-state index in [0.29, 0.717) is 5.75 Å². The maximum atomic E-state index is 13.3. The first-order valence-corrected chi connectivity index (χ1v) is 12.0. The Kier molecular flexibility index (Phi) is 6.76. The van der Waals surface area contributed by atoms with E-state index in [9.17, 15) is 17.6 Å². The van der Waals surface area contributed by atoms with Crippen molar-refractivity contribution >= 4 is 15.9 Å². The molecule has 1 aliphatic heterocycles. The summed E-state index contributed by atoms with van der Waals surface area (Å²) in [5.41, 5.74) is 1.67. The molecular weight excluding hydrogens is 443 g/mol. The van der Waals surface area contributed by atoms with Gasteiger partial charge < -0.3 is 10.1 Å². The fourth-order valence-electron chi connectivity index (χ4n) is 4.09. The zero-order valence-corrected chi connectivity index (χ0v) is 19.0. The molecule has 0 unspecified atom stereocenters. The first-order valence-electron chi connectivity index (χ1n) is 10.6. The molecule has 0 spiro atoms. The second-order valence-corrected chi connectivity index (χ2v) is 9.90. The van der Waals surface area contributed by atoms with Gasteiger partial charge in [0.2, 0.25) is 15.9 Å². The van der Waals surface area contributed by atoms with Gasteiger partial charge in [-0.2, -0.15) is 4.31 Å². The van der Waals surface area contributed by atoms with Crippen LogP contribution >= 0.6 is 0 Å². The third-order valence-corrected chi connectivity index (χ3v) is 7.77. The molecule has 4 rings (SSSR count). The summed E-state index contributed by atoms with van der Waals surface area (Å²) >= 11 is 0. The molecule has 0 bridgehead atoms. The first-order chi connectivity index (χ1) is 15.9. The molecule has 172 valence electrons. The molecule has 0 aromatic heterocycles. The summed E-state index contributed by atoms with van der Waals surface area (Å²) in [5, 5.41) is 2.89. The zero-order valence-electron chi connectivity index (χ0n) is 18.1. The van der Waals surface area contributed by atoms with Gasteiger partial charge in [0.05, 0.1) is 17.9 Å². The highest BCUT2D eigenvalue weighted by Gasteiger charge is 2.43. The molecule has 6 nitrogen and oxygen atoms in total. The minimum atomic E-state index is -3.79. The Balaban J connectivity index is 1.56. The molecule has 3 aromatic rings. The molecule has 1 saturated heterocycles. The number of carbonyl (C=O) groups excluding carboxylic acids is 1. The molecule has 0 radical (unpaired) electrons. The number of halogens is 1. The number of carbonyl (C=O) groups is 1. The van der Waals surface area contributed by atoms with Gasteiger partial charge in [-0.15, -0.1) is 0 Å². The van der Waals surface area contributed by atoms with Crippen molar-refractivity contribution in [3.8, 4) is 5.75 Å². The Hall–Kier alpha value is -3.23. The fourth-order valence-corrected chi connectivity index (χ4v) is 5.58. The Morgan fingerprint density at radius 2 is 1.67 bits per heavy atom. The lowest BCUT2D eigenvalue weighted by Crippen LogP contribution is -2.35. The quantitative estimate of drug-likeness (QED) is 0.575. The van der Waals surface area contributed by atoms with Crippen LogP contribution in [0.2, 0.25) is 0 Å². The average molecular weight is 469 g/mol. The number of methoxy groups -OCH3 is 1. The van der Waals surface area contributed by atoms with Crippen molar-refractivity contribution in [1.29, 1.82) is 0 Å². The molecule has 1 N–H and O–H groups in total. The van der Waals surface area contributed by atoms with E-state index in [1.54, 1.807) is 24.3 Å². The normalized spacial score (nSPS) is 18.7. The summed E-state index contributed by atoms with van der Waals surface area (Å²) in [7, 11) is -2.27. The summed E-state index contributed by atoms with van der Waals surface area (Å²) in [5.74, 6) is -0.853. The maximum absolute atomic E-state index is 13.3. The number of sulfonamides is 1. The minimum Gasteiger partial charge on any atom is -0.497 e. The predicted octanol–water partition coefficient (Wildman–Crippen LogP) is 3.56. The lowest BCUT2D eigenvalue weighted by atomic mass is 9.88. The Morgan fingerprint density at radius 3 is 2.30 bits per heavy atom. The van der Waals surface area contributed by atoms with E-state index in [1.807, 2.05) is 30.3 Å². The molecule has 3 aromatic carbocycles. The number of benzene rings is 3. The molecule has 0 saturated carbocycles. The van der Waals surface area contributed by atoms with Gasteiger partial charge in [-0.05, 0) is 47.5 Å². The third kappa shape index (κ3) is 5.07. The highest BCUT2D eigenvalue weighted by Crippen LogP contribution is 2.36. The fraction of sp³-hybridized carbons (Fsp3) is 0.240. The summed E-state index contributed by atoms with van der Waals surface area (Å²) in [6.45, 7) is 0.512. The van der Waals surface area contributed by atoms with Gasteiger partial charge in [0.25, 0.3) is 0 Å². The van der Waals surface area contributed by atoms with E-state index < -0.39 is 15.9 Å². The van der Waals surface area contributed by atoms with E-state index in [0.717, 1.165) is 11.1 Å². The molecule has 1 amide bonds. The molecule has 1 heterocycles. The number of ether oxygens (including phenoxy) is 1. The van der Waals surface area contributed by atoms with Crippen LogP contribution in [-0.2, 0) is 21.4 Å². The summed E-state index contributed by atoms with van der Waals surface area (Å²) in [4.78, 5) is 13.3. The van der Waals surface area contributed by atoms with Crippen molar-refractivity contribution in [1.82, 2.24) is 9.62 Å². The molecule has 1 fully saturated rings. The van der Waals surface area contributed by atoms with Crippen LogP contribution in [0.15, 0.2) is 83.8 Å². The van der Waals surface area contributed by atoms with E-state index in [1.165, 1.54) is 35.7 Å². The van der Waals surface area contributed by atoms with E-state index in [2.05, 4.69) is 5.32 Å². The van der Waals surface area contributed by atoms with Crippen LogP contribution in [-0.4, -0.2) is 38.8 Å². The Labute approximate surface area is 193 Å². The lowest BCUT2D eigenvalue weighted by molar-refractivity contribution is -0.125. The van der Waals surface area contributed by atoms with Crippen LogP contribution in [0.25, 0.3) is 0 Å². The van der Waals surface area contributed by atoms with Crippen LogP contribution in [0.3, 0.4) is 0 Å². The Bertz CT molecular complexity index is 1200. The van der Waals surface area contributed by atoms with E-state index >= 15 is 0 Å². The van der Waals surface area contributed by atoms with Crippen molar-refractivity contribution in [2.75, 3.05) is 20.2 Å². The van der Waals surface area contributed by atoms with Crippen molar-refractivity contribution in [2.24, 2.45) is 5.92 Å². The van der Waals surface area contributed by atoms with Crippen LogP contribution in [0.5, 0.6) is 5.75 Å². The van der Waals surface area contributed by atoms with Crippen molar-refractivity contribution in [3.05, 3.63) is 95.8 Å². The summed E-state index contributed by atoms with van der Waals surface area (Å²) < 4.78 is 46.3. The number of rotatable bonds is 7. The smallest absolute Gasteiger partial charge is 0.243 e. The number of nitrogens with zero attached hydrogens (tertiary/aromatic N) is 1. The van der Waals surface area contributed by atoms with Gasteiger partial charge in [-0.1, -0.05) is 42.5 Å². The van der Waals surface area contributed by atoms with E-state index in [4.69, 9.17) is 4.74 Å². The van der Waals surface area contributed by atoms with Gasteiger partial charge in [0.1, 0.15) is 11.6 Å². The highest BCUT2D eigenvalue weighted by atomic mass is 32.2. The topological polar surface area (TPSA) is 75.7 Å². The van der Waals surface area contributed by atoms with Crippen LogP contribution in [0, 0.1) is 11.7 Å². The molecule has 0 aliphatic carbocycles. The van der Waals surface area contributed by atoms with Crippen molar-refractivity contribution < 1.29 is 22.3 Å². The van der Waals surface area contributed by atoms with Crippen LogP contribution in [0.1, 0.15) is 17.0 Å². The van der Waals surface area contributed by atoms with Crippen molar-refractivity contribution in [3.63, 3.8) is 0 Å². The summed E-state index contributed by atoms with van der Waals surface area (Å²) in [6.07, 6.45) is 0. The van der Waals surface area contributed by atoms with Gasteiger partial charge in [-0.25, -0.2) is 12.8 Å². The van der Waals surface area contributed by atoms with Gasteiger partial charge >= 0.3 is 0 Å². The predicted molar refractivity (Wildman–Crippen MR) is 123 cm³/mol. The van der Waals surface area contributed by atoms with Crippen LogP contribution in [0.4, 0.5) is 4.39 Å². The zero-order chi connectivity index (χ0) is 23.4. The molecular formula is C25H25FN2O4S. The second-order valence-electron chi connectivity index (χ2n) is 7.97. The van der Waals surface area contributed by atoms with Gasteiger partial charge in [0, 0.05) is 25.6 Å². The minimum absolute atomic E-state index is 0.0726. The second kappa shape index (κ2) is 9.72. The maximum Gasteiger partial charge on any atom is 0.243 e. The standard InChI is InChI=1S/C25H25FN2O4S/c1-32-21-11-13-22(14-12-21)33(30,31)28-16-23(19-5-3-2-4-6-19)24(17-28)25(29)27-15-18-7-9-20(26)10-8-18/h2-14,23-24H,15-17H2,1H3,(H,27,29)/t23-,24+/m0/s1. The summed E-state index contributed by atoms with van der Waals surface area (Å²) in [6, 6.07) is 21.6. The highest BCUT2D eigenvalue weighted by molar-refractivity contribution is 7.89. The largest absolute Gasteiger partial charge is 0.497 e. The van der Waals surface area contributed by atoms with Crippen molar-refractivity contribution in [2.45, 2.75) is 17.4 Å². The average Bonchev–Trinajstić information content (AvgIpc) is 3.31. The molecule has 2 atom stereocenters. The first kappa shape index (κ1) is 22.9. The molecule has 8 heteroatoms. The molecule has 33 heavy (non-hydrogen) atoms. The van der Waals surface area contributed by atoms with Crippen LogP contribution < -0.4 is 10.1 Å². The molecule has 1 aliphatic rings. The van der Waals surface area contributed by atoms with Gasteiger partial charge in [0.15, 0.2) is 0 Å². The Morgan fingerprint density at radius 1 is 1.00 bits per heavy atom. The lowest BCUT2D eigenvalue weighted by Gasteiger charge is -2.18. The monoisotopic (exact) mass is 468 g/mol. The van der Waals surface area contributed by atoms with E-state index in [-0.39, 0.29) is 42.2 Å². The number of hydrogen-bond donors (Lipinski definition) is 1. The number of nitrogens with one attached hydrogen (secondary N) is 1. The number of amides is 1. The SMILES string of the molecule is COc1ccc(S(=O)(=O)N2C[C@@H](C(=O)NCc3ccc(F)cc3)[C@H](c3ccccc3)C2)cc1. The number of hydrogen-bond acceptors (Lipinski definition) is 4. The third-order valence-electron chi connectivity index (χ3n) is 5.93. The van der Waals surface area contributed by atoms with Gasteiger partial charge in [-0.3, -0.25) is 4.79 Å².